The molecule has 0 bridgehead atoms. The number of hydrogen-bond acceptors (Lipinski definition) is 2. The lowest BCUT2D eigenvalue weighted by molar-refractivity contribution is 0.962. The Morgan fingerprint density at radius 3 is 2.93 bits per heavy atom. The molecule has 2 aromatic rings. The minimum Gasteiger partial charge on any atom is -0.290 e. The van der Waals surface area contributed by atoms with Crippen LogP contribution in [0.4, 0.5) is 0 Å². The topological polar surface area (TPSA) is 30.7 Å². The highest BCUT2D eigenvalue weighted by Gasteiger charge is 1.98. The van der Waals surface area contributed by atoms with E-state index >= 15 is 0 Å². The lowest BCUT2D eigenvalue weighted by Gasteiger charge is -2.03. The van der Waals surface area contributed by atoms with E-state index in [1.54, 1.807) is 6.33 Å². The third-order valence-electron chi connectivity index (χ3n) is 2.34. The maximum absolute atomic E-state index is 4.13. The van der Waals surface area contributed by atoms with Gasteiger partial charge >= 0.3 is 0 Å². The first-order valence-corrected chi connectivity index (χ1v) is 6.36. The molecule has 0 atom stereocenters. The zero-order valence-electron chi connectivity index (χ0n) is 8.22. The summed E-state index contributed by atoms with van der Waals surface area (Å²) in [6.45, 7) is 2.16. The lowest BCUT2D eigenvalue weighted by Crippen LogP contribution is -2.10. The van der Waals surface area contributed by atoms with Gasteiger partial charge in [0, 0.05) is 0 Å². The van der Waals surface area contributed by atoms with E-state index in [1.807, 2.05) is 10.7 Å². The first-order chi connectivity index (χ1) is 6.86. The summed E-state index contributed by atoms with van der Waals surface area (Å²) in [5, 5.41) is 4.13. The van der Waals surface area contributed by atoms with Gasteiger partial charge in [-0.05, 0) is 24.1 Å². The highest BCUT2D eigenvalue weighted by Crippen LogP contribution is 2.06. The van der Waals surface area contributed by atoms with Crippen molar-refractivity contribution in [1.82, 2.24) is 14.4 Å². The summed E-state index contributed by atoms with van der Waals surface area (Å²) in [5.41, 5.74) is 2.81. The van der Waals surface area contributed by atoms with Crippen LogP contribution in [0.25, 0.3) is 0 Å². The summed E-state index contributed by atoms with van der Waals surface area (Å²) in [7, 11) is -0.346. The van der Waals surface area contributed by atoms with Crippen LogP contribution in [0.3, 0.4) is 0 Å². The SMILES string of the molecule is Cc1ccccc1C[SiH2]n1cncn1. The molecule has 4 heteroatoms. The van der Waals surface area contributed by atoms with Crippen molar-refractivity contribution in [2.45, 2.75) is 13.0 Å². The van der Waals surface area contributed by atoms with E-state index in [1.165, 1.54) is 11.1 Å². The highest BCUT2D eigenvalue weighted by atomic mass is 28.2. The maximum atomic E-state index is 4.13. The van der Waals surface area contributed by atoms with Gasteiger partial charge < -0.3 is 0 Å². The van der Waals surface area contributed by atoms with Crippen molar-refractivity contribution in [3.8, 4) is 0 Å². The Bertz CT molecular complexity index is 398. The van der Waals surface area contributed by atoms with Crippen molar-refractivity contribution in [3.63, 3.8) is 0 Å². The van der Waals surface area contributed by atoms with E-state index in [-0.39, 0.29) is 9.68 Å². The minimum atomic E-state index is -0.346. The molecule has 0 spiro atoms. The zero-order valence-corrected chi connectivity index (χ0v) is 9.63. The Hall–Kier alpha value is -1.42. The molecule has 0 N–H and O–H groups in total. The second kappa shape index (κ2) is 4.19. The summed E-state index contributed by atoms with van der Waals surface area (Å²) < 4.78 is 1.99. The first-order valence-electron chi connectivity index (χ1n) is 4.73. The predicted octanol–water partition coefficient (Wildman–Crippen LogP) is 0.719. The Kier molecular flexibility index (Phi) is 2.74. The molecule has 0 radical (unpaired) electrons. The number of aromatic nitrogens is 3. The first kappa shape index (κ1) is 9.14. The number of nitrogens with zero attached hydrogens (tertiary/aromatic N) is 3. The van der Waals surface area contributed by atoms with Crippen LogP contribution < -0.4 is 0 Å². The van der Waals surface area contributed by atoms with Gasteiger partial charge in [0.25, 0.3) is 0 Å². The number of hydrogen-bond donors (Lipinski definition) is 0. The molecule has 1 aromatic heterocycles. The summed E-state index contributed by atoms with van der Waals surface area (Å²) in [6.07, 6.45) is 3.41. The average Bonchev–Trinajstić information content (AvgIpc) is 2.69. The molecule has 0 saturated carbocycles. The highest BCUT2D eigenvalue weighted by molar-refractivity contribution is 6.32. The summed E-state index contributed by atoms with van der Waals surface area (Å²) in [6, 6.07) is 9.67. The Morgan fingerprint density at radius 1 is 1.36 bits per heavy atom. The average molecular weight is 203 g/mol. The predicted molar refractivity (Wildman–Crippen MR) is 58.8 cm³/mol. The van der Waals surface area contributed by atoms with Crippen LogP contribution >= 0.6 is 0 Å². The molecule has 72 valence electrons. The van der Waals surface area contributed by atoms with Crippen LogP contribution in [0.15, 0.2) is 36.9 Å². The molecule has 1 aromatic carbocycles. The van der Waals surface area contributed by atoms with Crippen molar-refractivity contribution in [2.75, 3.05) is 0 Å². The molecule has 0 amide bonds. The van der Waals surface area contributed by atoms with Crippen molar-refractivity contribution >= 4 is 9.68 Å². The molecular formula is C10H13N3Si. The van der Waals surface area contributed by atoms with E-state index in [4.69, 9.17) is 0 Å². The zero-order chi connectivity index (χ0) is 9.80. The van der Waals surface area contributed by atoms with Crippen LogP contribution in [0.5, 0.6) is 0 Å². The van der Waals surface area contributed by atoms with Gasteiger partial charge in [0.15, 0.2) is 9.68 Å². The maximum Gasteiger partial charge on any atom is 0.160 e. The van der Waals surface area contributed by atoms with E-state index in [9.17, 15) is 0 Å². The molecule has 2 rings (SSSR count). The smallest absolute Gasteiger partial charge is 0.160 e. The van der Waals surface area contributed by atoms with Crippen molar-refractivity contribution in [1.29, 1.82) is 0 Å². The third kappa shape index (κ3) is 2.08. The Labute approximate surface area is 85.7 Å². The standard InChI is InChI=1S/C10H13N3Si/c1-9-4-2-3-5-10(9)6-14-13-8-11-7-12-13/h2-5,7-8H,6,14H2,1H3. The van der Waals surface area contributed by atoms with E-state index < -0.39 is 0 Å². The summed E-state index contributed by atoms with van der Waals surface area (Å²) in [4.78, 5) is 3.94. The fourth-order valence-electron chi connectivity index (χ4n) is 1.47. The van der Waals surface area contributed by atoms with Crippen LogP contribution in [-0.4, -0.2) is 24.1 Å². The van der Waals surface area contributed by atoms with Gasteiger partial charge in [-0.2, -0.15) is 5.10 Å². The number of rotatable bonds is 3. The van der Waals surface area contributed by atoms with Crippen molar-refractivity contribution in [2.24, 2.45) is 0 Å². The largest absolute Gasteiger partial charge is 0.290 e. The van der Waals surface area contributed by atoms with Crippen LogP contribution in [0.1, 0.15) is 11.1 Å². The fourth-order valence-corrected chi connectivity index (χ4v) is 2.90. The van der Waals surface area contributed by atoms with Gasteiger partial charge in [-0.1, -0.05) is 24.3 Å². The Balaban J connectivity index is 2.02. The monoisotopic (exact) mass is 203 g/mol. The molecule has 0 aliphatic carbocycles. The molecule has 0 saturated heterocycles. The van der Waals surface area contributed by atoms with Gasteiger partial charge in [-0.3, -0.25) is 4.35 Å². The summed E-state index contributed by atoms with van der Waals surface area (Å²) >= 11 is 0. The molecule has 0 unspecified atom stereocenters. The van der Waals surface area contributed by atoms with Gasteiger partial charge in [0.1, 0.15) is 12.7 Å². The second-order valence-corrected chi connectivity index (χ2v) is 4.93. The molecule has 0 fully saturated rings. The minimum absolute atomic E-state index is 0.346. The molecular weight excluding hydrogens is 190 g/mol. The van der Waals surface area contributed by atoms with Crippen LogP contribution in [0.2, 0.25) is 0 Å². The quantitative estimate of drug-likeness (QED) is 0.688. The Morgan fingerprint density at radius 2 is 2.21 bits per heavy atom. The van der Waals surface area contributed by atoms with Gasteiger partial charge in [0.05, 0.1) is 0 Å². The van der Waals surface area contributed by atoms with E-state index in [0.717, 1.165) is 6.04 Å². The molecule has 0 aliphatic rings. The third-order valence-corrected chi connectivity index (χ3v) is 3.89. The van der Waals surface area contributed by atoms with Gasteiger partial charge in [-0.25, -0.2) is 4.98 Å². The summed E-state index contributed by atoms with van der Waals surface area (Å²) in [5.74, 6) is 0. The lowest BCUT2D eigenvalue weighted by atomic mass is 10.1. The van der Waals surface area contributed by atoms with Crippen LogP contribution in [-0.2, 0) is 6.04 Å². The van der Waals surface area contributed by atoms with Crippen molar-refractivity contribution in [3.05, 3.63) is 48.0 Å². The number of benzene rings is 1. The van der Waals surface area contributed by atoms with Crippen LogP contribution in [0, 0.1) is 6.92 Å². The van der Waals surface area contributed by atoms with E-state index in [0.29, 0.717) is 0 Å². The van der Waals surface area contributed by atoms with Gasteiger partial charge in [0.2, 0.25) is 0 Å². The van der Waals surface area contributed by atoms with Gasteiger partial charge in [-0.15, -0.1) is 0 Å². The molecule has 14 heavy (non-hydrogen) atoms. The second-order valence-electron chi connectivity index (χ2n) is 3.34. The number of aryl methyl sites for hydroxylation is 1. The van der Waals surface area contributed by atoms with E-state index in [2.05, 4.69) is 41.3 Å². The normalized spacial score (nSPS) is 11.2. The van der Waals surface area contributed by atoms with Crippen molar-refractivity contribution < 1.29 is 0 Å². The molecule has 0 aliphatic heterocycles. The molecule has 1 heterocycles. The fraction of sp³-hybridized carbons (Fsp3) is 0.200. The molecule has 3 nitrogen and oxygen atoms in total.